The van der Waals surface area contributed by atoms with Crippen LogP contribution in [0.1, 0.15) is 0 Å². The monoisotopic (exact) mass is 670 g/mol. The summed E-state index contributed by atoms with van der Waals surface area (Å²) in [4.78, 5) is 20.5. The van der Waals surface area contributed by atoms with Crippen molar-refractivity contribution in [1.29, 1.82) is 0 Å². The summed E-state index contributed by atoms with van der Waals surface area (Å²) in [5.74, 6) is 0. The van der Waals surface area contributed by atoms with Gasteiger partial charge in [0.05, 0.1) is 0 Å². The van der Waals surface area contributed by atoms with Crippen molar-refractivity contribution in [2.75, 3.05) is 0 Å². The van der Waals surface area contributed by atoms with E-state index in [1.165, 1.54) is 0 Å². The van der Waals surface area contributed by atoms with Crippen LogP contribution < -0.4 is 57.5 Å². The van der Waals surface area contributed by atoms with E-state index < -0.39 is 16.6 Å². The predicted molar refractivity (Wildman–Crippen MR) is 46.7 cm³/mol. The summed E-state index contributed by atoms with van der Waals surface area (Å²) in [6.07, 6.45) is 0. The van der Waals surface area contributed by atoms with Crippen LogP contribution in [0, 0.1) is 31.1 Å². The molecular weight excluding hydrogens is 652 g/mol. The van der Waals surface area contributed by atoms with E-state index in [0.29, 0.717) is 0 Å². The average molecular weight is 670 g/mol. The van der Waals surface area contributed by atoms with Crippen molar-refractivity contribution in [3.8, 4) is 0 Å². The smallest absolute Gasteiger partial charge is 1.00 e. The van der Waals surface area contributed by atoms with Gasteiger partial charge in [-0.05, 0) is 0 Å². The van der Waals surface area contributed by atoms with Crippen molar-refractivity contribution in [1.82, 2.24) is 0 Å². The van der Waals surface area contributed by atoms with Gasteiger partial charge in [0.1, 0.15) is 0 Å². The summed E-state index contributed by atoms with van der Waals surface area (Å²) in [5.41, 5.74) is 0. The van der Waals surface area contributed by atoms with Gasteiger partial charge in [-0.25, -0.2) is 0 Å². The normalized spacial score (nSPS) is 9.23. The minimum absolute atomic E-state index is 0. The summed E-state index contributed by atoms with van der Waals surface area (Å²) < 4.78 is 0. The van der Waals surface area contributed by atoms with E-state index in [9.17, 15) is 9.59 Å². The fourth-order valence-electron chi connectivity index (χ4n) is 0. The van der Waals surface area contributed by atoms with Crippen molar-refractivity contribution in [3.05, 3.63) is 0 Å². The Morgan fingerprint density at radius 1 is 0.615 bits per heavy atom. The maximum absolute atomic E-state index is 10.2. The Hall–Kier alpha value is 2.87. The summed E-state index contributed by atoms with van der Waals surface area (Å²) in [7, 11) is -3.72. The predicted octanol–water partition coefficient (Wildman–Crippen LogP) is -5.63. The molecule has 0 aromatic heterocycles. The van der Waals surface area contributed by atoms with Crippen LogP contribution in [0.5, 0.6) is 0 Å². The molecule has 0 bridgehead atoms. The van der Waals surface area contributed by atoms with Crippen molar-refractivity contribution < 1.29 is 88.7 Å². The van der Waals surface area contributed by atoms with Crippen LogP contribution in [0.2, 0.25) is 39.3 Å². The van der Waals surface area contributed by atoms with Crippen LogP contribution in [-0.2, 0) is 0 Å². The van der Waals surface area contributed by atoms with Crippen LogP contribution >= 0.6 is 0 Å². The Morgan fingerprint density at radius 2 is 0.615 bits per heavy atom. The van der Waals surface area contributed by atoms with Crippen LogP contribution in [0.3, 0.4) is 0 Å². The van der Waals surface area contributed by atoms with Gasteiger partial charge < -0.3 is 57.5 Å². The van der Waals surface area contributed by atoms with E-state index >= 15 is 0 Å². The molecule has 0 aliphatic carbocycles. The van der Waals surface area contributed by atoms with Crippen molar-refractivity contribution >= 4 is 16.6 Å². The van der Waals surface area contributed by atoms with Gasteiger partial charge in [0, 0.05) is 0 Å². The van der Waals surface area contributed by atoms with Crippen LogP contribution in [0.25, 0.3) is 0 Å². The van der Waals surface area contributed by atoms with Gasteiger partial charge in [0.2, 0.25) is 0 Å². The quantitative estimate of drug-likeness (QED) is 0.191. The molecule has 0 saturated carbocycles. The van der Waals surface area contributed by atoms with Gasteiger partial charge in [-0.3, -0.25) is 0 Å². The Kier molecular flexibility index (Phi) is 29.5. The van der Waals surface area contributed by atoms with Gasteiger partial charge >= 0.3 is 31.1 Å². The van der Waals surface area contributed by atoms with E-state index in [0.717, 1.165) is 0 Å². The average Bonchev–Trinajstić information content (AvgIpc) is 1.12. The van der Waals surface area contributed by atoms with E-state index in [4.69, 9.17) is 0 Å². The Labute approximate surface area is 142 Å². The molecule has 2 nitrogen and oxygen atoms in total. The Morgan fingerprint density at radius 3 is 0.615 bits per heavy atom. The molecule has 0 saturated heterocycles. The second-order valence-electron chi connectivity index (χ2n) is 4.22. The molecule has 0 unspecified atom stereocenters. The minimum atomic E-state index is -1.86. The van der Waals surface area contributed by atoms with Gasteiger partial charge in [0.25, 0.3) is 0 Å². The van der Waals surface area contributed by atoms with Crippen molar-refractivity contribution in [2.24, 2.45) is 0 Å². The molecule has 0 radical (unpaired) electrons. The topological polar surface area (TPSA) is 46.1 Å². The fourth-order valence-corrected chi connectivity index (χ4v) is 0. The molecule has 13 heavy (non-hydrogen) atoms. The molecule has 0 fully saturated rings. The standard InChI is InChI=1S/2C3H9OSi.2HI.U/c2*1-5(2,3)4;;;/h2*1-3H3;2*1H;/q2*-1;;;+4/p-2. The molecule has 0 aliphatic rings. The SMILES string of the molecule is C[Si](C)(C)[O-].C[Si](C)(C)[O-].[I-].[I-].[U+4]. The minimum Gasteiger partial charge on any atom is -1.00 e. The zero-order chi connectivity index (χ0) is 9.00. The molecule has 80 valence electrons. The van der Waals surface area contributed by atoms with E-state index in [1.54, 1.807) is 39.3 Å². The maximum atomic E-state index is 10.2. The first-order valence-electron chi connectivity index (χ1n) is 3.41. The zero-order valence-electron chi connectivity index (χ0n) is 9.07. The molecule has 0 aromatic rings. The number of rotatable bonds is 0. The molecule has 0 heterocycles. The molecule has 0 amide bonds. The second kappa shape index (κ2) is 12.9. The van der Waals surface area contributed by atoms with Crippen molar-refractivity contribution in [3.63, 3.8) is 0 Å². The van der Waals surface area contributed by atoms with Crippen LogP contribution in [0.4, 0.5) is 0 Å². The molecule has 0 aromatic carbocycles. The van der Waals surface area contributed by atoms with Gasteiger partial charge in [-0.15, -0.1) is 0 Å². The maximum Gasteiger partial charge on any atom is 4.00 e. The summed E-state index contributed by atoms with van der Waals surface area (Å²) in [6, 6.07) is 0. The van der Waals surface area contributed by atoms with Crippen molar-refractivity contribution in [2.45, 2.75) is 39.3 Å². The Bertz CT molecular complexity index is 69.6. The zero-order valence-corrected chi connectivity index (χ0v) is 19.6. The second-order valence-corrected chi connectivity index (χ2v) is 12.7. The number of hydrogen-bond donors (Lipinski definition) is 0. The molecule has 0 N–H and O–H groups in total. The summed E-state index contributed by atoms with van der Waals surface area (Å²) in [6.45, 7) is 10.6. The summed E-state index contributed by atoms with van der Waals surface area (Å²) in [5, 5.41) is 0. The number of hydrogen-bond acceptors (Lipinski definition) is 2. The van der Waals surface area contributed by atoms with Gasteiger partial charge in [-0.1, -0.05) is 55.9 Å². The number of halogens is 2. The van der Waals surface area contributed by atoms with E-state index in [1.807, 2.05) is 0 Å². The van der Waals surface area contributed by atoms with E-state index in [2.05, 4.69) is 0 Å². The molecule has 0 atom stereocenters. The van der Waals surface area contributed by atoms with Crippen LogP contribution in [-0.4, -0.2) is 16.6 Å². The first-order chi connectivity index (χ1) is 4.00. The molecule has 0 aliphatic heterocycles. The summed E-state index contributed by atoms with van der Waals surface area (Å²) >= 11 is 0. The van der Waals surface area contributed by atoms with E-state index in [-0.39, 0.29) is 79.1 Å². The molecule has 7 heteroatoms. The molecule has 0 spiro atoms. The molecular formula is C6H18I2O2Si2U. The fraction of sp³-hybridized carbons (Fsp3) is 1.00. The Balaban J connectivity index is -0.0000000267. The largest absolute Gasteiger partial charge is 4.00 e. The molecule has 0 rings (SSSR count). The first kappa shape index (κ1) is 29.7. The van der Waals surface area contributed by atoms with Gasteiger partial charge in [-0.2, -0.15) is 0 Å². The first-order valence-corrected chi connectivity index (χ1v) is 10.2. The third kappa shape index (κ3) is 300. The third-order valence-corrected chi connectivity index (χ3v) is 0. The van der Waals surface area contributed by atoms with Gasteiger partial charge in [0.15, 0.2) is 0 Å². The third-order valence-electron chi connectivity index (χ3n) is 0. The van der Waals surface area contributed by atoms with Crippen LogP contribution in [0.15, 0.2) is 0 Å².